The first-order valence-electron chi connectivity index (χ1n) is 9.94. The molecule has 4 saturated carbocycles. The Morgan fingerprint density at radius 2 is 1.85 bits per heavy atom. The zero-order valence-corrected chi connectivity index (χ0v) is 16.4. The highest BCUT2D eigenvalue weighted by Gasteiger charge is 2.48. The molecule has 1 heterocycles. The number of rotatable bonds is 5. The molecule has 0 unspecified atom stereocenters. The van der Waals surface area contributed by atoms with Crippen LogP contribution in [-0.2, 0) is 4.79 Å². The topological polar surface area (TPSA) is 72.7 Å². The fourth-order valence-corrected chi connectivity index (χ4v) is 6.43. The van der Waals surface area contributed by atoms with Crippen LogP contribution >= 0.6 is 11.8 Å². The molecule has 1 amide bonds. The molecular formula is C20H25N5OS. The first kappa shape index (κ1) is 17.2. The average molecular weight is 384 g/mol. The van der Waals surface area contributed by atoms with Crippen molar-refractivity contribution in [3.63, 3.8) is 0 Å². The molecule has 4 bridgehead atoms. The van der Waals surface area contributed by atoms with Gasteiger partial charge in [0.1, 0.15) is 0 Å². The second-order valence-electron chi connectivity index (χ2n) is 8.47. The van der Waals surface area contributed by atoms with Crippen molar-refractivity contribution < 1.29 is 4.79 Å². The fraction of sp³-hybridized carbons (Fsp3) is 0.600. The molecule has 1 N–H and O–H groups in total. The maximum Gasteiger partial charge on any atom is 0.230 e. The van der Waals surface area contributed by atoms with Crippen molar-refractivity contribution in [3.05, 3.63) is 29.8 Å². The Balaban J connectivity index is 1.22. The summed E-state index contributed by atoms with van der Waals surface area (Å²) >= 11 is 1.41. The third-order valence-electron chi connectivity index (χ3n) is 6.67. The number of hydrogen-bond donors (Lipinski definition) is 1. The Morgan fingerprint density at radius 3 is 2.56 bits per heavy atom. The van der Waals surface area contributed by atoms with Crippen LogP contribution in [-0.4, -0.2) is 37.9 Å². The fourth-order valence-electron chi connectivity index (χ4n) is 5.74. The highest BCUT2D eigenvalue weighted by Crippen LogP contribution is 2.53. The van der Waals surface area contributed by atoms with Gasteiger partial charge in [-0.1, -0.05) is 30.0 Å². The summed E-state index contributed by atoms with van der Waals surface area (Å²) in [6.07, 6.45) is 6.70. The monoisotopic (exact) mass is 383 g/mol. The summed E-state index contributed by atoms with van der Waals surface area (Å²) in [5.74, 6) is 3.72. The molecule has 6 rings (SSSR count). The molecule has 0 atom stereocenters. The highest BCUT2D eigenvalue weighted by molar-refractivity contribution is 7.99. The molecule has 1 aromatic carbocycles. The molecule has 4 aliphatic carbocycles. The van der Waals surface area contributed by atoms with E-state index in [1.165, 1.54) is 43.9 Å². The molecule has 4 fully saturated rings. The van der Waals surface area contributed by atoms with Crippen molar-refractivity contribution >= 4 is 17.7 Å². The van der Waals surface area contributed by atoms with Crippen LogP contribution in [0.15, 0.2) is 29.4 Å². The Hall–Kier alpha value is -1.89. The van der Waals surface area contributed by atoms with Crippen LogP contribution in [0.5, 0.6) is 0 Å². The lowest BCUT2D eigenvalue weighted by atomic mass is 9.54. The predicted molar refractivity (Wildman–Crippen MR) is 104 cm³/mol. The number of nitrogens with one attached hydrogen (secondary N) is 1. The Morgan fingerprint density at radius 1 is 1.15 bits per heavy atom. The highest BCUT2D eigenvalue weighted by atomic mass is 32.2. The van der Waals surface area contributed by atoms with E-state index in [1.807, 2.05) is 31.2 Å². The lowest BCUT2D eigenvalue weighted by molar-refractivity contribution is -0.122. The largest absolute Gasteiger partial charge is 0.352 e. The van der Waals surface area contributed by atoms with Gasteiger partial charge in [0, 0.05) is 6.04 Å². The number of aromatic nitrogens is 4. The standard InChI is InChI=1S/C20H25N5OS/c1-12-4-2-3-5-17(12)25-20(22-23-24-25)27-11-18(26)21-19-15-7-13-6-14(9-15)10-16(19)8-13/h2-5,13-16,19H,6-11H2,1H3,(H,21,26). The van der Waals surface area contributed by atoms with Gasteiger partial charge in [-0.15, -0.1) is 5.10 Å². The zero-order chi connectivity index (χ0) is 18.4. The number of thioether (sulfide) groups is 1. The van der Waals surface area contributed by atoms with Crippen LogP contribution in [0.3, 0.4) is 0 Å². The summed E-state index contributed by atoms with van der Waals surface area (Å²) in [5, 5.41) is 16.0. The lowest BCUT2D eigenvalue weighted by Crippen LogP contribution is -2.56. The van der Waals surface area contributed by atoms with Crippen molar-refractivity contribution in [2.75, 3.05) is 5.75 Å². The molecule has 0 spiro atoms. The van der Waals surface area contributed by atoms with E-state index < -0.39 is 0 Å². The van der Waals surface area contributed by atoms with E-state index in [9.17, 15) is 4.79 Å². The minimum atomic E-state index is 0.108. The van der Waals surface area contributed by atoms with Gasteiger partial charge in [-0.25, -0.2) is 0 Å². The minimum absolute atomic E-state index is 0.108. The maximum absolute atomic E-state index is 12.6. The second-order valence-corrected chi connectivity index (χ2v) is 9.41. The van der Waals surface area contributed by atoms with E-state index in [0.29, 0.717) is 28.8 Å². The second kappa shape index (κ2) is 6.93. The summed E-state index contributed by atoms with van der Waals surface area (Å²) in [6, 6.07) is 8.37. The summed E-state index contributed by atoms with van der Waals surface area (Å²) in [4.78, 5) is 12.6. The van der Waals surface area contributed by atoms with Gasteiger partial charge in [0.2, 0.25) is 11.1 Å². The molecule has 27 heavy (non-hydrogen) atoms. The number of carbonyl (C=O) groups excluding carboxylic acids is 1. The van der Waals surface area contributed by atoms with Gasteiger partial charge >= 0.3 is 0 Å². The number of aryl methyl sites for hydroxylation is 1. The van der Waals surface area contributed by atoms with Crippen LogP contribution < -0.4 is 5.32 Å². The molecule has 6 nitrogen and oxygen atoms in total. The molecule has 4 aliphatic rings. The van der Waals surface area contributed by atoms with Crippen molar-refractivity contribution in [2.24, 2.45) is 23.7 Å². The SMILES string of the molecule is Cc1ccccc1-n1nnnc1SCC(=O)NC1C2CC3CC(C2)CC1C3. The quantitative estimate of drug-likeness (QED) is 0.804. The Bertz CT molecular complexity index is 822. The molecule has 0 saturated heterocycles. The van der Waals surface area contributed by atoms with Gasteiger partial charge in [0.05, 0.1) is 11.4 Å². The van der Waals surface area contributed by atoms with Crippen molar-refractivity contribution in [3.8, 4) is 5.69 Å². The van der Waals surface area contributed by atoms with E-state index >= 15 is 0 Å². The molecule has 2 aromatic rings. The van der Waals surface area contributed by atoms with Gasteiger partial charge in [-0.2, -0.15) is 4.68 Å². The van der Waals surface area contributed by atoms with Gasteiger partial charge < -0.3 is 5.32 Å². The minimum Gasteiger partial charge on any atom is -0.352 e. The van der Waals surface area contributed by atoms with E-state index in [-0.39, 0.29) is 5.91 Å². The van der Waals surface area contributed by atoms with Crippen LogP contribution in [0.4, 0.5) is 0 Å². The lowest BCUT2D eigenvalue weighted by Gasteiger charge is -2.54. The molecule has 7 heteroatoms. The first-order chi connectivity index (χ1) is 13.2. The first-order valence-corrected chi connectivity index (χ1v) is 10.9. The van der Waals surface area contributed by atoms with Crippen LogP contribution in [0.25, 0.3) is 5.69 Å². The van der Waals surface area contributed by atoms with Crippen molar-refractivity contribution in [1.29, 1.82) is 0 Å². The van der Waals surface area contributed by atoms with E-state index in [0.717, 1.165) is 23.1 Å². The molecule has 1 aromatic heterocycles. The number of amides is 1. The van der Waals surface area contributed by atoms with Gasteiger partial charge in [0.25, 0.3) is 0 Å². The summed E-state index contributed by atoms with van der Waals surface area (Å²) in [5.41, 5.74) is 2.05. The molecule has 142 valence electrons. The Labute approximate surface area is 163 Å². The Kier molecular flexibility index (Phi) is 4.42. The van der Waals surface area contributed by atoms with Crippen LogP contribution in [0, 0.1) is 30.6 Å². The smallest absolute Gasteiger partial charge is 0.230 e. The molecule has 0 aliphatic heterocycles. The summed E-state index contributed by atoms with van der Waals surface area (Å²) in [7, 11) is 0. The number of nitrogens with zero attached hydrogens (tertiary/aromatic N) is 4. The summed E-state index contributed by atoms with van der Waals surface area (Å²) < 4.78 is 1.72. The van der Waals surface area contributed by atoms with Gasteiger partial charge in [-0.3, -0.25) is 4.79 Å². The van der Waals surface area contributed by atoms with Gasteiger partial charge in [-0.05, 0) is 84.8 Å². The van der Waals surface area contributed by atoms with Crippen LogP contribution in [0.1, 0.15) is 37.7 Å². The number of benzene rings is 1. The predicted octanol–water partition coefficient (Wildman–Crippen LogP) is 3.00. The number of tetrazole rings is 1. The molecular weight excluding hydrogens is 358 g/mol. The maximum atomic E-state index is 12.6. The van der Waals surface area contributed by atoms with E-state index in [2.05, 4.69) is 20.8 Å². The van der Waals surface area contributed by atoms with E-state index in [4.69, 9.17) is 0 Å². The third kappa shape index (κ3) is 3.26. The normalized spacial score (nSPS) is 31.2. The summed E-state index contributed by atoms with van der Waals surface area (Å²) in [6.45, 7) is 2.03. The third-order valence-corrected chi connectivity index (χ3v) is 7.59. The molecule has 0 radical (unpaired) electrons. The van der Waals surface area contributed by atoms with Gasteiger partial charge in [0.15, 0.2) is 0 Å². The van der Waals surface area contributed by atoms with Crippen LogP contribution in [0.2, 0.25) is 0 Å². The number of hydrogen-bond acceptors (Lipinski definition) is 5. The van der Waals surface area contributed by atoms with Crippen molar-refractivity contribution in [1.82, 2.24) is 25.5 Å². The number of para-hydroxylation sites is 1. The number of carbonyl (C=O) groups is 1. The zero-order valence-electron chi connectivity index (χ0n) is 15.5. The van der Waals surface area contributed by atoms with Crippen molar-refractivity contribution in [2.45, 2.75) is 50.2 Å². The van der Waals surface area contributed by atoms with E-state index in [1.54, 1.807) is 4.68 Å². The average Bonchev–Trinajstić information content (AvgIpc) is 3.11.